The number of anilines is 1. The van der Waals surface area contributed by atoms with Gasteiger partial charge in [0, 0.05) is 5.69 Å². The fourth-order valence-electron chi connectivity index (χ4n) is 2.21. The van der Waals surface area contributed by atoms with Crippen molar-refractivity contribution in [1.82, 2.24) is 0 Å². The number of fused-ring (bicyclic) bond motifs is 1. The van der Waals surface area contributed by atoms with Crippen LogP contribution >= 0.6 is 0 Å². The molecule has 0 atom stereocenters. The third-order valence-electron chi connectivity index (χ3n) is 3.41. The van der Waals surface area contributed by atoms with Crippen LogP contribution in [0.5, 0.6) is 11.5 Å². The van der Waals surface area contributed by atoms with Gasteiger partial charge in [0.05, 0.1) is 17.2 Å². The van der Waals surface area contributed by atoms with Gasteiger partial charge in [-0.15, -0.1) is 0 Å². The Bertz CT molecular complexity index is 840. The normalized spacial score (nSPS) is 12.0. The van der Waals surface area contributed by atoms with E-state index in [1.807, 2.05) is 6.07 Å². The minimum atomic E-state index is -0.632. The molecule has 2 aromatic rings. The Morgan fingerprint density at radius 2 is 1.80 bits per heavy atom. The zero-order valence-corrected chi connectivity index (χ0v) is 13.2. The minimum absolute atomic E-state index is 0.274. The lowest BCUT2D eigenvalue weighted by Crippen LogP contribution is -2.21. The maximum absolute atomic E-state index is 12.0. The molecule has 1 aliphatic heterocycles. The molecule has 7 heteroatoms. The molecule has 1 aliphatic rings. The SMILES string of the molecule is N#Cc1ccc(NC(=O)COC(=O)c2ccc3c(c2)OCCO3)cc1. The molecule has 0 unspecified atom stereocenters. The first-order valence-corrected chi connectivity index (χ1v) is 7.52. The molecule has 7 nitrogen and oxygen atoms in total. The van der Waals surface area contributed by atoms with Crippen LogP contribution in [0, 0.1) is 11.3 Å². The van der Waals surface area contributed by atoms with Crippen molar-refractivity contribution in [2.75, 3.05) is 25.1 Å². The van der Waals surface area contributed by atoms with E-state index in [0.29, 0.717) is 36.0 Å². The molecule has 1 N–H and O–H groups in total. The van der Waals surface area contributed by atoms with E-state index in [1.54, 1.807) is 36.4 Å². The third-order valence-corrected chi connectivity index (χ3v) is 3.41. The highest BCUT2D eigenvalue weighted by atomic mass is 16.6. The number of carbonyl (C=O) groups excluding carboxylic acids is 2. The van der Waals surface area contributed by atoms with Gasteiger partial charge in [-0.3, -0.25) is 4.79 Å². The summed E-state index contributed by atoms with van der Waals surface area (Å²) >= 11 is 0. The second-order valence-corrected chi connectivity index (χ2v) is 5.17. The summed E-state index contributed by atoms with van der Waals surface area (Å²) in [5.74, 6) is -0.0633. The highest BCUT2D eigenvalue weighted by molar-refractivity contribution is 5.95. The Labute approximate surface area is 143 Å². The summed E-state index contributed by atoms with van der Waals surface area (Å²) < 4.78 is 15.8. The van der Waals surface area contributed by atoms with Crippen molar-refractivity contribution in [3.8, 4) is 17.6 Å². The lowest BCUT2D eigenvalue weighted by atomic mass is 10.2. The van der Waals surface area contributed by atoms with Crippen molar-refractivity contribution in [2.24, 2.45) is 0 Å². The predicted molar refractivity (Wildman–Crippen MR) is 87.5 cm³/mol. The van der Waals surface area contributed by atoms with Gasteiger partial charge in [-0.2, -0.15) is 5.26 Å². The van der Waals surface area contributed by atoms with E-state index in [-0.39, 0.29) is 5.56 Å². The maximum Gasteiger partial charge on any atom is 0.338 e. The summed E-state index contributed by atoms with van der Waals surface area (Å²) in [4.78, 5) is 23.9. The number of carbonyl (C=O) groups is 2. The molecule has 3 rings (SSSR count). The molecular weight excluding hydrogens is 324 g/mol. The van der Waals surface area contributed by atoms with Crippen molar-refractivity contribution in [3.63, 3.8) is 0 Å². The molecule has 25 heavy (non-hydrogen) atoms. The zero-order valence-electron chi connectivity index (χ0n) is 13.2. The molecular formula is C18H14N2O5. The highest BCUT2D eigenvalue weighted by Crippen LogP contribution is 2.30. The molecule has 0 radical (unpaired) electrons. The van der Waals surface area contributed by atoms with Crippen molar-refractivity contribution in [2.45, 2.75) is 0 Å². The van der Waals surface area contributed by atoms with Gasteiger partial charge in [-0.25, -0.2) is 4.79 Å². The third kappa shape index (κ3) is 4.06. The quantitative estimate of drug-likeness (QED) is 0.858. The van der Waals surface area contributed by atoms with Crippen LogP contribution < -0.4 is 14.8 Å². The van der Waals surface area contributed by atoms with Gasteiger partial charge in [-0.1, -0.05) is 0 Å². The molecule has 126 valence electrons. The van der Waals surface area contributed by atoms with Gasteiger partial charge in [0.15, 0.2) is 18.1 Å². The monoisotopic (exact) mass is 338 g/mol. The van der Waals surface area contributed by atoms with Gasteiger partial charge < -0.3 is 19.5 Å². The number of ether oxygens (including phenoxy) is 3. The minimum Gasteiger partial charge on any atom is -0.486 e. The number of nitrogens with one attached hydrogen (secondary N) is 1. The van der Waals surface area contributed by atoms with Crippen LogP contribution in [-0.4, -0.2) is 31.7 Å². The van der Waals surface area contributed by atoms with Crippen molar-refractivity contribution < 1.29 is 23.8 Å². The Morgan fingerprint density at radius 3 is 2.52 bits per heavy atom. The standard InChI is InChI=1S/C18H14N2O5/c19-10-12-1-4-14(5-2-12)20-17(21)11-25-18(22)13-3-6-15-16(9-13)24-8-7-23-15/h1-6,9H,7-8,11H2,(H,20,21). The van der Waals surface area contributed by atoms with Gasteiger partial charge >= 0.3 is 5.97 Å². The van der Waals surface area contributed by atoms with E-state index in [9.17, 15) is 9.59 Å². The largest absolute Gasteiger partial charge is 0.486 e. The predicted octanol–water partition coefficient (Wildman–Crippen LogP) is 2.12. The molecule has 1 heterocycles. The number of benzene rings is 2. The highest BCUT2D eigenvalue weighted by Gasteiger charge is 2.16. The van der Waals surface area contributed by atoms with Crippen LogP contribution in [0.15, 0.2) is 42.5 Å². The average molecular weight is 338 g/mol. The van der Waals surface area contributed by atoms with Gasteiger partial charge in [0.1, 0.15) is 13.2 Å². The summed E-state index contributed by atoms with van der Waals surface area (Å²) in [6.07, 6.45) is 0. The van der Waals surface area contributed by atoms with E-state index in [1.165, 1.54) is 6.07 Å². The first-order chi connectivity index (χ1) is 12.2. The lowest BCUT2D eigenvalue weighted by Gasteiger charge is -2.18. The first-order valence-electron chi connectivity index (χ1n) is 7.52. The van der Waals surface area contributed by atoms with E-state index in [4.69, 9.17) is 19.5 Å². The van der Waals surface area contributed by atoms with E-state index >= 15 is 0 Å². The van der Waals surface area contributed by atoms with Crippen molar-refractivity contribution in [1.29, 1.82) is 5.26 Å². The fraction of sp³-hybridized carbons (Fsp3) is 0.167. The smallest absolute Gasteiger partial charge is 0.338 e. The molecule has 2 aromatic carbocycles. The van der Waals surface area contributed by atoms with E-state index < -0.39 is 18.5 Å². The summed E-state index contributed by atoms with van der Waals surface area (Å²) in [5, 5.41) is 11.3. The van der Waals surface area contributed by atoms with Crippen molar-refractivity contribution in [3.05, 3.63) is 53.6 Å². The number of esters is 1. The van der Waals surface area contributed by atoms with Crippen LogP contribution in [0.3, 0.4) is 0 Å². The topological polar surface area (TPSA) is 97.7 Å². The Kier molecular flexibility index (Phi) is 4.81. The fourth-order valence-corrected chi connectivity index (χ4v) is 2.21. The molecule has 0 saturated heterocycles. The Balaban J connectivity index is 1.54. The molecule has 0 aromatic heterocycles. The molecule has 0 saturated carbocycles. The van der Waals surface area contributed by atoms with Crippen LogP contribution in [0.25, 0.3) is 0 Å². The van der Waals surface area contributed by atoms with Crippen LogP contribution in [0.1, 0.15) is 15.9 Å². The number of amides is 1. The summed E-state index contributed by atoms with van der Waals surface area (Å²) in [6, 6.07) is 13.0. The summed E-state index contributed by atoms with van der Waals surface area (Å²) in [6.45, 7) is 0.456. The Hall–Kier alpha value is -3.53. The molecule has 0 bridgehead atoms. The maximum atomic E-state index is 12.0. The van der Waals surface area contributed by atoms with E-state index in [0.717, 1.165) is 0 Å². The second-order valence-electron chi connectivity index (χ2n) is 5.17. The zero-order chi connectivity index (χ0) is 17.6. The first kappa shape index (κ1) is 16.3. The molecule has 0 fully saturated rings. The Morgan fingerprint density at radius 1 is 1.08 bits per heavy atom. The number of hydrogen-bond acceptors (Lipinski definition) is 6. The van der Waals surface area contributed by atoms with Crippen LogP contribution in [0.4, 0.5) is 5.69 Å². The molecule has 0 aliphatic carbocycles. The molecule has 1 amide bonds. The number of nitrogens with zero attached hydrogens (tertiary/aromatic N) is 1. The lowest BCUT2D eigenvalue weighted by molar-refractivity contribution is -0.119. The summed E-state index contributed by atoms with van der Waals surface area (Å²) in [5.41, 5.74) is 1.28. The van der Waals surface area contributed by atoms with Gasteiger partial charge in [-0.05, 0) is 42.5 Å². The number of rotatable bonds is 4. The van der Waals surface area contributed by atoms with Gasteiger partial charge in [0.2, 0.25) is 0 Å². The van der Waals surface area contributed by atoms with Crippen LogP contribution in [0.2, 0.25) is 0 Å². The van der Waals surface area contributed by atoms with Gasteiger partial charge in [0.25, 0.3) is 5.91 Å². The second kappa shape index (κ2) is 7.36. The number of nitriles is 1. The number of hydrogen-bond donors (Lipinski definition) is 1. The summed E-state index contributed by atoms with van der Waals surface area (Å²) in [7, 11) is 0. The van der Waals surface area contributed by atoms with Crippen LogP contribution in [-0.2, 0) is 9.53 Å². The average Bonchev–Trinajstić information content (AvgIpc) is 2.66. The van der Waals surface area contributed by atoms with Crippen molar-refractivity contribution >= 4 is 17.6 Å². The molecule has 0 spiro atoms. The van der Waals surface area contributed by atoms with E-state index in [2.05, 4.69) is 5.32 Å².